The third-order valence-corrected chi connectivity index (χ3v) is 5.37. The Kier molecular flexibility index (Phi) is 5.88. The maximum absolute atomic E-state index is 12.5. The van der Waals surface area contributed by atoms with E-state index in [1.807, 2.05) is 19.9 Å². The van der Waals surface area contributed by atoms with Crippen molar-refractivity contribution in [2.75, 3.05) is 11.9 Å². The molecule has 2 aromatic carbocycles. The van der Waals surface area contributed by atoms with E-state index in [1.54, 1.807) is 12.1 Å². The van der Waals surface area contributed by atoms with Crippen LogP contribution in [0.5, 0.6) is 5.75 Å². The quantitative estimate of drug-likeness (QED) is 0.424. The molecule has 1 aliphatic rings. The lowest BCUT2D eigenvalue weighted by Crippen LogP contribution is -2.36. The van der Waals surface area contributed by atoms with E-state index >= 15 is 0 Å². The molecule has 3 amide bonds. The summed E-state index contributed by atoms with van der Waals surface area (Å²) in [5, 5.41) is 22.5. The fourth-order valence-corrected chi connectivity index (χ4v) is 3.57. The van der Waals surface area contributed by atoms with E-state index < -0.39 is 40.0 Å². The normalized spacial score (nSPS) is 15.0. The average Bonchev–Trinajstić information content (AvgIpc) is 2.93. The Morgan fingerprint density at radius 1 is 1.20 bits per heavy atom. The minimum absolute atomic E-state index is 0.0268. The van der Waals surface area contributed by atoms with Crippen molar-refractivity contribution in [2.24, 2.45) is 0 Å². The number of rotatable bonds is 5. The van der Waals surface area contributed by atoms with Crippen molar-refractivity contribution in [1.29, 1.82) is 0 Å². The van der Waals surface area contributed by atoms with Gasteiger partial charge in [-0.05, 0) is 66.6 Å². The summed E-state index contributed by atoms with van der Waals surface area (Å²) >= 11 is 0.634. The van der Waals surface area contributed by atoms with Gasteiger partial charge in [0.15, 0.2) is 5.75 Å². The minimum Gasteiger partial charge on any atom is -0.502 e. The van der Waals surface area contributed by atoms with Gasteiger partial charge in [-0.1, -0.05) is 12.1 Å². The van der Waals surface area contributed by atoms with Gasteiger partial charge in [0.2, 0.25) is 5.91 Å². The molecular weight excluding hydrogens is 410 g/mol. The molecule has 0 bridgehead atoms. The van der Waals surface area contributed by atoms with E-state index in [4.69, 9.17) is 0 Å². The maximum Gasteiger partial charge on any atom is 0.311 e. The van der Waals surface area contributed by atoms with Crippen LogP contribution in [-0.2, 0) is 9.59 Å². The van der Waals surface area contributed by atoms with Crippen molar-refractivity contribution >= 4 is 46.3 Å². The molecule has 154 valence electrons. The number of nitro benzene ring substituents is 1. The highest BCUT2D eigenvalue weighted by molar-refractivity contribution is 8.18. The number of aryl methyl sites for hydroxylation is 2. The molecule has 3 rings (SSSR count). The molecule has 0 spiro atoms. The average molecular weight is 427 g/mol. The standard InChI is InChI=1S/C20H17N3O6S/c1-11-3-5-14(7-12(11)2)21-18(25)10-22-19(26)17(30-20(22)27)9-13-4-6-16(24)15(8-13)23(28)29/h3-9,24H,10H2,1-2H3,(H,21,25)/b17-9-. The molecule has 0 aromatic heterocycles. The van der Waals surface area contributed by atoms with Crippen LogP contribution in [0.2, 0.25) is 0 Å². The summed E-state index contributed by atoms with van der Waals surface area (Å²) in [5.41, 5.74) is 2.37. The molecule has 30 heavy (non-hydrogen) atoms. The number of phenols is 1. The van der Waals surface area contributed by atoms with Crippen molar-refractivity contribution in [2.45, 2.75) is 13.8 Å². The van der Waals surface area contributed by atoms with E-state index in [-0.39, 0.29) is 10.5 Å². The van der Waals surface area contributed by atoms with Gasteiger partial charge >= 0.3 is 5.69 Å². The van der Waals surface area contributed by atoms with Crippen LogP contribution in [0, 0.1) is 24.0 Å². The smallest absolute Gasteiger partial charge is 0.311 e. The molecule has 1 heterocycles. The van der Waals surface area contributed by atoms with E-state index in [0.717, 1.165) is 28.2 Å². The summed E-state index contributed by atoms with van der Waals surface area (Å²) in [5.74, 6) is -1.70. The van der Waals surface area contributed by atoms with Crippen LogP contribution in [0.1, 0.15) is 16.7 Å². The van der Waals surface area contributed by atoms with Gasteiger partial charge in [-0.25, -0.2) is 0 Å². The maximum atomic E-state index is 12.5. The number of thioether (sulfide) groups is 1. The summed E-state index contributed by atoms with van der Waals surface area (Å²) in [6, 6.07) is 8.97. The van der Waals surface area contributed by atoms with Crippen LogP contribution in [-0.4, -0.2) is 38.5 Å². The van der Waals surface area contributed by atoms with Crippen LogP contribution in [0.15, 0.2) is 41.3 Å². The number of imide groups is 1. The first-order valence-electron chi connectivity index (χ1n) is 8.75. The molecule has 10 heteroatoms. The number of nitro groups is 1. The monoisotopic (exact) mass is 427 g/mol. The molecule has 0 saturated carbocycles. The first-order chi connectivity index (χ1) is 14.2. The van der Waals surface area contributed by atoms with Crippen LogP contribution in [0.4, 0.5) is 16.2 Å². The van der Waals surface area contributed by atoms with Gasteiger partial charge in [0.1, 0.15) is 6.54 Å². The number of benzene rings is 2. The molecule has 1 aliphatic heterocycles. The Balaban J connectivity index is 1.73. The SMILES string of the molecule is Cc1ccc(NC(=O)CN2C(=O)S/C(=C\c3ccc(O)c([N+](=O)[O-])c3)C2=O)cc1C. The number of phenolic OH excluding ortho intramolecular Hbond substituents is 1. The van der Waals surface area contributed by atoms with Gasteiger partial charge in [-0.15, -0.1) is 0 Å². The lowest BCUT2D eigenvalue weighted by atomic mass is 10.1. The van der Waals surface area contributed by atoms with Gasteiger partial charge in [-0.3, -0.25) is 29.4 Å². The van der Waals surface area contributed by atoms with E-state index in [2.05, 4.69) is 5.32 Å². The van der Waals surface area contributed by atoms with E-state index in [9.17, 15) is 29.6 Å². The molecule has 1 saturated heterocycles. The number of carbonyl (C=O) groups excluding carboxylic acids is 3. The Hall–Kier alpha value is -3.66. The highest BCUT2D eigenvalue weighted by Gasteiger charge is 2.36. The van der Waals surface area contributed by atoms with E-state index in [0.29, 0.717) is 17.4 Å². The van der Waals surface area contributed by atoms with Crippen LogP contribution in [0.3, 0.4) is 0 Å². The van der Waals surface area contributed by atoms with E-state index in [1.165, 1.54) is 12.1 Å². The second-order valence-corrected chi connectivity index (χ2v) is 7.61. The molecule has 0 aliphatic carbocycles. The lowest BCUT2D eigenvalue weighted by molar-refractivity contribution is -0.385. The van der Waals surface area contributed by atoms with Crippen molar-refractivity contribution < 1.29 is 24.4 Å². The lowest BCUT2D eigenvalue weighted by Gasteiger charge is -2.13. The van der Waals surface area contributed by atoms with Crippen molar-refractivity contribution in [3.8, 4) is 5.75 Å². The number of hydrogen-bond acceptors (Lipinski definition) is 7. The fourth-order valence-electron chi connectivity index (χ4n) is 2.73. The highest BCUT2D eigenvalue weighted by Crippen LogP contribution is 2.34. The van der Waals surface area contributed by atoms with Gasteiger partial charge in [0.05, 0.1) is 9.83 Å². The third-order valence-electron chi connectivity index (χ3n) is 4.46. The van der Waals surface area contributed by atoms with Gasteiger partial charge in [-0.2, -0.15) is 0 Å². The summed E-state index contributed by atoms with van der Waals surface area (Å²) < 4.78 is 0. The summed E-state index contributed by atoms with van der Waals surface area (Å²) in [4.78, 5) is 48.1. The van der Waals surface area contributed by atoms with Crippen molar-refractivity contribution in [3.63, 3.8) is 0 Å². The molecule has 1 fully saturated rings. The Bertz CT molecular complexity index is 1110. The minimum atomic E-state index is -0.754. The highest BCUT2D eigenvalue weighted by atomic mass is 32.2. The summed E-state index contributed by atoms with van der Waals surface area (Å²) in [6.07, 6.45) is 1.30. The summed E-state index contributed by atoms with van der Waals surface area (Å²) in [7, 11) is 0. The predicted molar refractivity (Wildman–Crippen MR) is 112 cm³/mol. The Morgan fingerprint density at radius 2 is 1.93 bits per heavy atom. The zero-order valence-corrected chi connectivity index (χ0v) is 16.9. The molecular formula is C20H17N3O6S. The predicted octanol–water partition coefficient (Wildman–Crippen LogP) is 3.59. The van der Waals surface area contributed by atoms with Crippen molar-refractivity contribution in [1.82, 2.24) is 4.90 Å². The Morgan fingerprint density at radius 3 is 2.60 bits per heavy atom. The van der Waals surface area contributed by atoms with Gasteiger partial charge in [0, 0.05) is 11.8 Å². The second kappa shape index (κ2) is 8.37. The molecule has 2 aromatic rings. The van der Waals surface area contributed by atoms with Crippen molar-refractivity contribution in [3.05, 3.63) is 68.1 Å². The molecule has 0 radical (unpaired) electrons. The topological polar surface area (TPSA) is 130 Å². The number of carbonyl (C=O) groups is 3. The van der Waals surface area contributed by atoms with Crippen LogP contribution in [0.25, 0.3) is 6.08 Å². The second-order valence-electron chi connectivity index (χ2n) is 6.62. The third kappa shape index (κ3) is 4.49. The zero-order chi connectivity index (χ0) is 22.0. The zero-order valence-electron chi connectivity index (χ0n) is 16.0. The van der Waals surface area contributed by atoms with Crippen LogP contribution < -0.4 is 5.32 Å². The first-order valence-corrected chi connectivity index (χ1v) is 9.57. The molecule has 9 nitrogen and oxygen atoms in total. The number of nitrogens with zero attached hydrogens (tertiary/aromatic N) is 2. The fraction of sp³-hybridized carbons (Fsp3) is 0.150. The number of anilines is 1. The largest absolute Gasteiger partial charge is 0.502 e. The molecule has 0 unspecified atom stereocenters. The molecule has 2 N–H and O–H groups in total. The van der Waals surface area contributed by atoms with Gasteiger partial charge in [0.25, 0.3) is 11.1 Å². The number of aromatic hydroxyl groups is 1. The summed E-state index contributed by atoms with van der Waals surface area (Å²) in [6.45, 7) is 3.39. The van der Waals surface area contributed by atoms with Crippen LogP contribution >= 0.6 is 11.8 Å². The van der Waals surface area contributed by atoms with Gasteiger partial charge < -0.3 is 10.4 Å². The first kappa shape index (κ1) is 21.1. The Labute approximate surface area is 175 Å². The number of hydrogen-bond donors (Lipinski definition) is 2. The number of nitrogens with one attached hydrogen (secondary N) is 1. The molecule has 0 atom stereocenters. The number of amides is 3.